The van der Waals surface area contributed by atoms with Crippen molar-refractivity contribution in [3.05, 3.63) is 12.2 Å². The van der Waals surface area contributed by atoms with Crippen LogP contribution in [0.1, 0.15) is 65.7 Å². The molecule has 0 amide bonds. The number of fused-ring (bicyclic) bond motifs is 7. The highest BCUT2D eigenvalue weighted by molar-refractivity contribution is 5.66. The Morgan fingerprint density at radius 1 is 1.20 bits per heavy atom. The largest absolute Gasteiger partial charge is 0.462 e. The highest BCUT2D eigenvalue weighted by Gasteiger charge is 2.67. The lowest BCUT2D eigenvalue weighted by Crippen LogP contribution is -2.61. The third-order valence-electron chi connectivity index (χ3n) is 9.14. The predicted octanol–water partition coefficient (Wildman–Crippen LogP) is 4.10. The summed E-state index contributed by atoms with van der Waals surface area (Å²) in [7, 11) is 0. The van der Waals surface area contributed by atoms with E-state index in [1.54, 1.807) is 0 Å². The average Bonchev–Trinajstić information content (AvgIpc) is 3.19. The van der Waals surface area contributed by atoms with Gasteiger partial charge in [-0.15, -0.1) is 0 Å². The molecule has 9 atom stereocenters. The van der Waals surface area contributed by atoms with E-state index in [1.807, 2.05) is 0 Å². The lowest BCUT2D eigenvalue weighted by Gasteiger charge is -2.61. The first kappa shape index (κ1) is 16.4. The zero-order chi connectivity index (χ0) is 17.6. The summed E-state index contributed by atoms with van der Waals surface area (Å²) in [4.78, 5) is 11.4. The molecule has 0 bridgehead atoms. The summed E-state index contributed by atoms with van der Waals surface area (Å²) >= 11 is 0. The number of carbonyl (C=O) groups excluding carboxylic acids is 1. The maximum Gasteiger partial charge on any atom is 0.302 e. The molecule has 0 saturated heterocycles. The minimum Gasteiger partial charge on any atom is -0.462 e. The Morgan fingerprint density at radius 2 is 2.00 bits per heavy atom. The van der Waals surface area contributed by atoms with Crippen LogP contribution in [0.15, 0.2) is 12.2 Å². The van der Waals surface area contributed by atoms with Gasteiger partial charge in [0.25, 0.3) is 0 Å². The molecule has 5 aliphatic rings. The molecule has 0 heterocycles. The van der Waals surface area contributed by atoms with Crippen molar-refractivity contribution in [2.75, 3.05) is 0 Å². The number of allylic oxidation sites excluding steroid dienone is 1. The molecule has 4 fully saturated rings. The van der Waals surface area contributed by atoms with Gasteiger partial charge in [-0.05, 0) is 73.5 Å². The number of hydrogen-bond acceptors (Lipinski definition) is 3. The van der Waals surface area contributed by atoms with E-state index in [0.717, 1.165) is 30.6 Å². The Balaban J connectivity index is 1.47. The highest BCUT2D eigenvalue weighted by Crippen LogP contribution is 2.73. The molecule has 0 aliphatic heterocycles. The van der Waals surface area contributed by atoms with Crippen LogP contribution in [0.5, 0.6) is 0 Å². The van der Waals surface area contributed by atoms with E-state index in [4.69, 9.17) is 4.74 Å². The number of aliphatic hydroxyl groups is 1. The third-order valence-corrected chi connectivity index (χ3v) is 9.14. The van der Waals surface area contributed by atoms with E-state index >= 15 is 0 Å². The van der Waals surface area contributed by atoms with Gasteiger partial charge < -0.3 is 9.84 Å². The normalized spacial score (nSPS) is 58.6. The first-order valence-corrected chi connectivity index (χ1v) is 10.3. The van der Waals surface area contributed by atoms with Crippen LogP contribution in [0, 0.1) is 40.4 Å². The van der Waals surface area contributed by atoms with Crippen molar-refractivity contribution in [1.29, 1.82) is 0 Å². The Labute approximate surface area is 151 Å². The zero-order valence-electron chi connectivity index (χ0n) is 15.8. The Hall–Kier alpha value is -0.830. The molecule has 0 spiro atoms. The van der Waals surface area contributed by atoms with Crippen LogP contribution in [0.25, 0.3) is 0 Å². The summed E-state index contributed by atoms with van der Waals surface area (Å²) in [5.41, 5.74) is -0.348. The number of hydrogen-bond donors (Lipinski definition) is 1. The van der Waals surface area contributed by atoms with Crippen LogP contribution in [-0.4, -0.2) is 22.8 Å². The fourth-order valence-corrected chi connectivity index (χ4v) is 7.87. The van der Waals surface area contributed by atoms with Gasteiger partial charge in [0.05, 0.1) is 5.60 Å². The van der Waals surface area contributed by atoms with E-state index in [2.05, 4.69) is 26.0 Å². The second-order valence-electron chi connectivity index (χ2n) is 10.4. The van der Waals surface area contributed by atoms with Crippen LogP contribution in [0.4, 0.5) is 0 Å². The van der Waals surface area contributed by atoms with Gasteiger partial charge >= 0.3 is 5.97 Å². The first-order chi connectivity index (χ1) is 11.8. The van der Waals surface area contributed by atoms with Crippen molar-refractivity contribution in [1.82, 2.24) is 0 Å². The van der Waals surface area contributed by atoms with E-state index in [1.165, 1.54) is 32.6 Å². The summed E-state index contributed by atoms with van der Waals surface area (Å²) in [6.45, 7) is 6.33. The standard InChI is InChI=1S/C22H32O3/c1-13(23)25-15-4-8-21(3)18-6-7-20(2)11-14-10-17(14)19(20)16(18)5-9-22(21,24)12-15/h5,9,14-19,24H,4,6-8,10-12H2,1-3H3/t14-,15+,16-,17-,18+,19-,20-,21-,22+/m1/s1. The molecular weight excluding hydrogens is 312 g/mol. The predicted molar refractivity (Wildman–Crippen MR) is 95.6 cm³/mol. The van der Waals surface area contributed by atoms with Gasteiger partial charge in [-0.2, -0.15) is 0 Å². The first-order valence-electron chi connectivity index (χ1n) is 10.3. The molecule has 4 saturated carbocycles. The summed E-state index contributed by atoms with van der Waals surface area (Å²) in [5, 5.41) is 11.6. The Morgan fingerprint density at radius 3 is 2.76 bits per heavy atom. The molecule has 25 heavy (non-hydrogen) atoms. The molecule has 3 heteroatoms. The van der Waals surface area contributed by atoms with Crippen molar-refractivity contribution in [3.8, 4) is 0 Å². The van der Waals surface area contributed by atoms with Gasteiger partial charge in [-0.3, -0.25) is 4.79 Å². The molecule has 0 aromatic rings. The molecule has 0 radical (unpaired) electrons. The van der Waals surface area contributed by atoms with Gasteiger partial charge in [0.1, 0.15) is 6.10 Å². The van der Waals surface area contributed by atoms with Crippen molar-refractivity contribution in [2.45, 2.75) is 77.4 Å². The topological polar surface area (TPSA) is 46.5 Å². The van der Waals surface area contributed by atoms with Crippen LogP contribution in [-0.2, 0) is 9.53 Å². The molecule has 5 aliphatic carbocycles. The van der Waals surface area contributed by atoms with Gasteiger partial charge in [0.2, 0.25) is 0 Å². The quantitative estimate of drug-likeness (QED) is 0.575. The van der Waals surface area contributed by atoms with Crippen LogP contribution >= 0.6 is 0 Å². The maximum atomic E-state index is 11.6. The second-order valence-corrected chi connectivity index (χ2v) is 10.4. The third kappa shape index (κ3) is 2.11. The minimum absolute atomic E-state index is 0.0721. The highest BCUT2D eigenvalue weighted by atomic mass is 16.5. The van der Waals surface area contributed by atoms with Gasteiger partial charge in [0.15, 0.2) is 0 Å². The average molecular weight is 344 g/mol. The Bertz CT molecular complexity index is 641. The summed E-state index contributed by atoms with van der Waals surface area (Å²) in [5.74, 6) is 3.78. The smallest absolute Gasteiger partial charge is 0.302 e. The van der Waals surface area contributed by atoms with Crippen molar-refractivity contribution < 1.29 is 14.6 Å². The van der Waals surface area contributed by atoms with Gasteiger partial charge in [-0.1, -0.05) is 26.0 Å². The van der Waals surface area contributed by atoms with Crippen LogP contribution < -0.4 is 0 Å². The number of rotatable bonds is 1. The summed E-state index contributed by atoms with van der Waals surface area (Å²) in [6, 6.07) is 0. The molecule has 0 unspecified atom stereocenters. The molecule has 138 valence electrons. The van der Waals surface area contributed by atoms with Crippen molar-refractivity contribution >= 4 is 5.97 Å². The zero-order valence-corrected chi connectivity index (χ0v) is 15.8. The molecular formula is C22H32O3. The monoisotopic (exact) mass is 344 g/mol. The lowest BCUT2D eigenvalue weighted by atomic mass is 9.45. The Kier molecular flexibility index (Phi) is 3.21. The van der Waals surface area contributed by atoms with E-state index in [9.17, 15) is 9.90 Å². The fraction of sp³-hybridized carbons (Fsp3) is 0.864. The van der Waals surface area contributed by atoms with Gasteiger partial charge in [0, 0.05) is 18.8 Å². The molecule has 1 N–H and O–H groups in total. The SMILES string of the molecule is CC(=O)O[C@H]1CC[C@]2(C)[C@H]3CC[C@]4(C)C[C@H]5C[C@H]5[C@H]4[C@@H]3C=C[C@]2(O)C1. The van der Waals surface area contributed by atoms with E-state index in [0.29, 0.717) is 23.7 Å². The fourth-order valence-electron chi connectivity index (χ4n) is 7.87. The second kappa shape index (κ2) is 4.91. The number of carbonyl (C=O) groups is 1. The molecule has 0 aromatic heterocycles. The van der Waals surface area contributed by atoms with Crippen LogP contribution in [0.3, 0.4) is 0 Å². The molecule has 5 rings (SSSR count). The number of ether oxygens (including phenoxy) is 1. The van der Waals surface area contributed by atoms with Gasteiger partial charge in [-0.25, -0.2) is 0 Å². The van der Waals surface area contributed by atoms with Crippen LogP contribution in [0.2, 0.25) is 0 Å². The lowest BCUT2D eigenvalue weighted by molar-refractivity contribution is -0.181. The number of esters is 1. The molecule has 0 aromatic carbocycles. The minimum atomic E-state index is -0.818. The summed E-state index contributed by atoms with van der Waals surface area (Å²) in [6.07, 6.45) is 12.3. The maximum absolute atomic E-state index is 11.6. The van der Waals surface area contributed by atoms with E-state index < -0.39 is 5.60 Å². The van der Waals surface area contributed by atoms with E-state index in [-0.39, 0.29) is 17.5 Å². The summed E-state index contributed by atoms with van der Waals surface area (Å²) < 4.78 is 5.46. The van der Waals surface area contributed by atoms with Crippen molar-refractivity contribution in [3.63, 3.8) is 0 Å². The van der Waals surface area contributed by atoms with Crippen molar-refractivity contribution in [2.24, 2.45) is 40.4 Å². The molecule has 3 nitrogen and oxygen atoms in total.